The molecule has 2 N–H and O–H groups in total. The topological polar surface area (TPSA) is 67.4 Å². The Morgan fingerprint density at radius 1 is 0.867 bits per heavy atom. The second kappa shape index (κ2) is 10.5. The minimum atomic E-state index is -0.274. The molecule has 0 heterocycles. The highest BCUT2D eigenvalue weighted by Crippen LogP contribution is 2.22. The molecule has 0 unspecified atom stereocenters. The molecule has 30 heavy (non-hydrogen) atoms. The summed E-state index contributed by atoms with van der Waals surface area (Å²) in [6.07, 6.45) is 1.10. The molecule has 0 fully saturated rings. The largest absolute Gasteiger partial charge is 0.483 e. The van der Waals surface area contributed by atoms with Gasteiger partial charge in [0.15, 0.2) is 6.61 Å². The van der Waals surface area contributed by atoms with E-state index in [0.29, 0.717) is 35.0 Å². The van der Waals surface area contributed by atoms with Gasteiger partial charge in [-0.25, -0.2) is 0 Å². The van der Waals surface area contributed by atoms with Gasteiger partial charge in [-0.2, -0.15) is 0 Å². The average Bonchev–Trinajstić information content (AvgIpc) is 2.74. The van der Waals surface area contributed by atoms with Gasteiger partial charge in [-0.15, -0.1) is 0 Å². The Morgan fingerprint density at radius 3 is 2.13 bits per heavy atom. The molecule has 3 aromatic carbocycles. The number of aryl methyl sites for hydroxylation is 2. The minimum absolute atomic E-state index is 0.0534. The van der Waals surface area contributed by atoms with Crippen LogP contribution < -0.4 is 15.4 Å². The summed E-state index contributed by atoms with van der Waals surface area (Å²) in [6, 6.07) is 22.1. The Bertz CT molecular complexity index is 1000. The summed E-state index contributed by atoms with van der Waals surface area (Å²) in [5.41, 5.74) is 3.29. The lowest BCUT2D eigenvalue weighted by atomic mass is 10.1. The molecular formula is C24H23ClN2O3. The molecule has 0 aromatic heterocycles. The number of rotatable bonds is 8. The van der Waals surface area contributed by atoms with Gasteiger partial charge in [0.05, 0.1) is 0 Å². The summed E-state index contributed by atoms with van der Waals surface area (Å²) < 4.78 is 5.54. The molecule has 3 rings (SSSR count). The molecule has 0 bridgehead atoms. The van der Waals surface area contributed by atoms with E-state index in [2.05, 4.69) is 10.6 Å². The van der Waals surface area contributed by atoms with Gasteiger partial charge in [0.2, 0.25) is 5.91 Å². The van der Waals surface area contributed by atoms with Crippen molar-refractivity contribution in [2.45, 2.75) is 19.8 Å². The zero-order valence-corrected chi connectivity index (χ0v) is 17.4. The van der Waals surface area contributed by atoms with Crippen LogP contribution in [0.25, 0.3) is 0 Å². The van der Waals surface area contributed by atoms with Crippen molar-refractivity contribution < 1.29 is 14.3 Å². The molecule has 6 heteroatoms. The molecule has 154 valence electrons. The standard InChI is InChI=1S/C24H23ClN2O3/c1-17-15-19(25)8-13-22(17)30-16-24(29)27-21-11-9-20(10-12-21)26-23(28)14-7-18-5-3-2-4-6-18/h2-6,8-13,15H,7,14,16H2,1H3,(H,26,28)(H,27,29). The van der Waals surface area contributed by atoms with E-state index in [1.54, 1.807) is 42.5 Å². The monoisotopic (exact) mass is 422 g/mol. The van der Waals surface area contributed by atoms with Crippen molar-refractivity contribution in [1.29, 1.82) is 0 Å². The number of hydrogen-bond acceptors (Lipinski definition) is 3. The Hall–Kier alpha value is -3.31. The van der Waals surface area contributed by atoms with Crippen LogP contribution in [-0.2, 0) is 16.0 Å². The van der Waals surface area contributed by atoms with Gasteiger partial charge in [0, 0.05) is 22.8 Å². The van der Waals surface area contributed by atoms with Crippen molar-refractivity contribution in [3.05, 3.63) is 88.9 Å². The summed E-state index contributed by atoms with van der Waals surface area (Å²) >= 11 is 5.92. The van der Waals surface area contributed by atoms with Crippen molar-refractivity contribution in [2.75, 3.05) is 17.2 Å². The van der Waals surface area contributed by atoms with E-state index in [0.717, 1.165) is 11.1 Å². The van der Waals surface area contributed by atoms with Crippen LogP contribution in [0.15, 0.2) is 72.8 Å². The highest BCUT2D eigenvalue weighted by molar-refractivity contribution is 6.30. The van der Waals surface area contributed by atoms with Gasteiger partial charge in [-0.05, 0) is 66.9 Å². The Balaban J connectivity index is 1.44. The third-order valence-corrected chi connectivity index (χ3v) is 4.67. The molecule has 0 aliphatic heterocycles. The van der Waals surface area contributed by atoms with Gasteiger partial charge < -0.3 is 15.4 Å². The Morgan fingerprint density at radius 2 is 1.50 bits per heavy atom. The average molecular weight is 423 g/mol. The summed E-state index contributed by atoms with van der Waals surface area (Å²) in [7, 11) is 0. The van der Waals surface area contributed by atoms with Crippen LogP contribution in [0.3, 0.4) is 0 Å². The molecular weight excluding hydrogens is 400 g/mol. The lowest BCUT2D eigenvalue weighted by Gasteiger charge is -2.10. The molecule has 0 aliphatic carbocycles. The first-order chi connectivity index (χ1) is 14.5. The smallest absolute Gasteiger partial charge is 0.262 e. The van der Waals surface area contributed by atoms with Crippen LogP contribution in [-0.4, -0.2) is 18.4 Å². The number of hydrogen-bond donors (Lipinski definition) is 2. The van der Waals surface area contributed by atoms with E-state index >= 15 is 0 Å². The van der Waals surface area contributed by atoms with Crippen molar-refractivity contribution in [3.63, 3.8) is 0 Å². The van der Waals surface area contributed by atoms with E-state index in [1.807, 2.05) is 37.3 Å². The molecule has 0 radical (unpaired) electrons. The first kappa shape index (κ1) is 21.4. The van der Waals surface area contributed by atoms with Crippen LogP contribution in [0.5, 0.6) is 5.75 Å². The number of carbonyl (C=O) groups excluding carboxylic acids is 2. The fourth-order valence-electron chi connectivity index (χ4n) is 2.88. The van der Waals surface area contributed by atoms with Gasteiger partial charge in [0.1, 0.15) is 5.75 Å². The quantitative estimate of drug-likeness (QED) is 0.521. The van der Waals surface area contributed by atoms with Gasteiger partial charge in [-0.1, -0.05) is 41.9 Å². The van der Waals surface area contributed by atoms with Crippen molar-refractivity contribution in [3.8, 4) is 5.75 Å². The Kier molecular flexibility index (Phi) is 7.46. The van der Waals surface area contributed by atoms with Crippen LogP contribution in [0.2, 0.25) is 5.02 Å². The summed E-state index contributed by atoms with van der Waals surface area (Å²) in [5, 5.41) is 6.25. The molecule has 0 saturated heterocycles. The number of benzene rings is 3. The van der Waals surface area contributed by atoms with Gasteiger partial charge in [0.25, 0.3) is 5.91 Å². The summed E-state index contributed by atoms with van der Waals surface area (Å²) in [6.45, 7) is 1.76. The van der Waals surface area contributed by atoms with E-state index in [9.17, 15) is 9.59 Å². The lowest BCUT2D eigenvalue weighted by Crippen LogP contribution is -2.20. The van der Waals surface area contributed by atoms with E-state index in [1.165, 1.54) is 0 Å². The maximum atomic E-state index is 12.1. The second-order valence-electron chi connectivity index (χ2n) is 6.86. The third kappa shape index (κ3) is 6.64. The molecule has 0 spiro atoms. The Labute approximate surface area is 181 Å². The maximum Gasteiger partial charge on any atom is 0.262 e. The summed E-state index contributed by atoms with van der Waals surface area (Å²) in [5.74, 6) is 0.287. The molecule has 2 amide bonds. The SMILES string of the molecule is Cc1cc(Cl)ccc1OCC(=O)Nc1ccc(NC(=O)CCc2ccccc2)cc1. The van der Waals surface area contributed by atoms with Crippen molar-refractivity contribution in [2.24, 2.45) is 0 Å². The molecule has 0 atom stereocenters. The van der Waals surface area contributed by atoms with Gasteiger partial charge >= 0.3 is 0 Å². The van der Waals surface area contributed by atoms with Crippen LogP contribution in [0.4, 0.5) is 11.4 Å². The fourth-order valence-corrected chi connectivity index (χ4v) is 3.10. The number of nitrogens with one attached hydrogen (secondary N) is 2. The van der Waals surface area contributed by atoms with Crippen molar-refractivity contribution >= 4 is 34.8 Å². The summed E-state index contributed by atoms with van der Waals surface area (Å²) in [4.78, 5) is 24.2. The van der Waals surface area contributed by atoms with E-state index in [4.69, 9.17) is 16.3 Å². The lowest BCUT2D eigenvalue weighted by molar-refractivity contribution is -0.118. The normalized spacial score (nSPS) is 10.3. The first-order valence-corrected chi connectivity index (χ1v) is 10.00. The number of halogens is 1. The highest BCUT2D eigenvalue weighted by Gasteiger charge is 2.07. The molecule has 0 saturated carbocycles. The number of amides is 2. The molecule has 5 nitrogen and oxygen atoms in total. The van der Waals surface area contributed by atoms with Crippen LogP contribution in [0, 0.1) is 6.92 Å². The minimum Gasteiger partial charge on any atom is -0.483 e. The van der Waals surface area contributed by atoms with E-state index in [-0.39, 0.29) is 18.4 Å². The molecule has 0 aliphatic rings. The van der Waals surface area contributed by atoms with Gasteiger partial charge in [-0.3, -0.25) is 9.59 Å². The zero-order valence-electron chi connectivity index (χ0n) is 16.7. The molecule has 3 aromatic rings. The predicted octanol–water partition coefficient (Wildman–Crippen LogP) is 5.24. The number of carbonyl (C=O) groups is 2. The maximum absolute atomic E-state index is 12.1. The predicted molar refractivity (Wildman–Crippen MR) is 120 cm³/mol. The van der Waals surface area contributed by atoms with Crippen LogP contribution >= 0.6 is 11.6 Å². The van der Waals surface area contributed by atoms with Crippen molar-refractivity contribution in [1.82, 2.24) is 0 Å². The fraction of sp³-hybridized carbons (Fsp3) is 0.167. The number of ether oxygens (including phenoxy) is 1. The third-order valence-electron chi connectivity index (χ3n) is 4.43. The van der Waals surface area contributed by atoms with Crippen LogP contribution in [0.1, 0.15) is 17.5 Å². The highest BCUT2D eigenvalue weighted by atomic mass is 35.5. The zero-order chi connectivity index (χ0) is 21.3. The number of anilines is 2. The second-order valence-corrected chi connectivity index (χ2v) is 7.29. The van der Waals surface area contributed by atoms with E-state index < -0.39 is 0 Å². The first-order valence-electron chi connectivity index (χ1n) is 9.62.